The van der Waals surface area contributed by atoms with Crippen LogP contribution in [0, 0.1) is 17.2 Å². The second-order valence-electron chi connectivity index (χ2n) is 4.00. The van der Waals surface area contributed by atoms with Crippen LogP contribution >= 0.6 is 0 Å². The summed E-state index contributed by atoms with van der Waals surface area (Å²) in [6.07, 6.45) is 2.46. The van der Waals surface area contributed by atoms with E-state index in [1.54, 1.807) is 0 Å². The Balaban J connectivity index is 2.65. The van der Waals surface area contributed by atoms with E-state index in [-0.39, 0.29) is 6.42 Å². The summed E-state index contributed by atoms with van der Waals surface area (Å²) in [6, 6.07) is 1.98. The van der Waals surface area contributed by atoms with Crippen LogP contribution in [0.3, 0.4) is 0 Å². The van der Waals surface area contributed by atoms with Gasteiger partial charge in [-0.25, -0.2) is 0 Å². The highest BCUT2D eigenvalue weighted by atomic mass is 32.2. The molecule has 0 amide bonds. The lowest BCUT2D eigenvalue weighted by Gasteiger charge is -2.24. The van der Waals surface area contributed by atoms with Crippen LogP contribution < -0.4 is 0 Å². The van der Waals surface area contributed by atoms with E-state index in [2.05, 4.69) is 0 Å². The molecular weight excluding hydrogens is 214 g/mol. The van der Waals surface area contributed by atoms with Crippen molar-refractivity contribution in [1.29, 1.82) is 5.26 Å². The average Bonchev–Trinajstić information content (AvgIpc) is 2.95. The van der Waals surface area contributed by atoms with Crippen LogP contribution in [0.5, 0.6) is 0 Å². The van der Waals surface area contributed by atoms with Gasteiger partial charge in [0.05, 0.1) is 6.07 Å². The number of hydrogen-bond acceptors (Lipinski definition) is 3. The molecule has 0 aromatic carbocycles. The lowest BCUT2D eigenvalue weighted by molar-refractivity contribution is 0.368. The quantitative estimate of drug-likeness (QED) is 0.665. The Bertz CT molecular complexity index is 341. The van der Waals surface area contributed by atoms with Gasteiger partial charge in [-0.15, -0.1) is 0 Å². The van der Waals surface area contributed by atoms with E-state index in [0.717, 1.165) is 12.8 Å². The molecule has 0 aromatic heterocycles. The number of hydrogen-bond donors (Lipinski definition) is 0. The van der Waals surface area contributed by atoms with Gasteiger partial charge in [0.2, 0.25) is 0 Å². The van der Waals surface area contributed by atoms with Crippen LogP contribution in [0.15, 0.2) is 0 Å². The Morgan fingerprint density at radius 1 is 1.40 bits per heavy atom. The second-order valence-corrected chi connectivity index (χ2v) is 6.14. The Morgan fingerprint density at radius 2 is 2.00 bits per heavy atom. The minimum atomic E-state index is -3.35. The van der Waals surface area contributed by atoms with Gasteiger partial charge in [0.1, 0.15) is 0 Å². The fourth-order valence-electron chi connectivity index (χ4n) is 1.29. The molecule has 0 saturated heterocycles. The van der Waals surface area contributed by atoms with E-state index in [1.165, 1.54) is 22.7 Å². The zero-order chi connectivity index (χ0) is 11.5. The summed E-state index contributed by atoms with van der Waals surface area (Å²) < 4.78 is 26.3. The fourth-order valence-corrected chi connectivity index (χ4v) is 2.48. The van der Waals surface area contributed by atoms with Crippen molar-refractivity contribution in [3.63, 3.8) is 0 Å². The smallest absolute Gasteiger partial charge is 0.198 e. The normalized spacial score (nSPS) is 17.0. The largest absolute Gasteiger partial charge is 0.281 e. The van der Waals surface area contributed by atoms with Gasteiger partial charge >= 0.3 is 0 Å². The Hall–Kier alpha value is -0.640. The molecule has 0 heterocycles. The first-order valence-corrected chi connectivity index (χ1v) is 6.42. The van der Waals surface area contributed by atoms with Gasteiger partial charge in [-0.3, -0.25) is 0 Å². The molecule has 1 rings (SSSR count). The van der Waals surface area contributed by atoms with Crippen molar-refractivity contribution in [3.8, 4) is 6.07 Å². The summed E-state index contributed by atoms with van der Waals surface area (Å²) in [5.41, 5.74) is 0. The molecule has 1 fully saturated rings. The minimum Gasteiger partial charge on any atom is -0.198 e. The van der Waals surface area contributed by atoms with E-state index in [1.807, 2.05) is 6.07 Å². The first-order chi connectivity index (χ1) is 6.98. The summed E-state index contributed by atoms with van der Waals surface area (Å²) in [6.45, 7) is 0.857. The molecular formula is C9H17N3O2S. The van der Waals surface area contributed by atoms with Crippen molar-refractivity contribution >= 4 is 10.2 Å². The Morgan fingerprint density at radius 3 is 2.40 bits per heavy atom. The summed E-state index contributed by atoms with van der Waals surface area (Å²) in [7, 11) is -0.320. The molecule has 0 radical (unpaired) electrons. The summed E-state index contributed by atoms with van der Waals surface area (Å²) in [5.74, 6) is 0.499. The standard InChI is InChI=1S/C9H17N3O2S/c1-11(2)15(13,14)12(7-3-6-10)8-9-4-5-9/h9H,3-5,7-8H2,1-2H3. The lowest BCUT2D eigenvalue weighted by atomic mass is 10.4. The van der Waals surface area contributed by atoms with Crippen molar-refractivity contribution < 1.29 is 8.42 Å². The Labute approximate surface area is 91.5 Å². The minimum absolute atomic E-state index is 0.250. The first-order valence-electron chi connectivity index (χ1n) is 5.03. The summed E-state index contributed by atoms with van der Waals surface area (Å²) >= 11 is 0. The molecule has 1 aliphatic rings. The van der Waals surface area contributed by atoms with Crippen LogP contribution in [0.25, 0.3) is 0 Å². The molecule has 5 nitrogen and oxygen atoms in total. The zero-order valence-corrected chi connectivity index (χ0v) is 10.00. The molecule has 0 spiro atoms. The first kappa shape index (κ1) is 12.4. The maximum Gasteiger partial charge on any atom is 0.281 e. The van der Waals surface area contributed by atoms with E-state index in [4.69, 9.17) is 5.26 Å². The molecule has 1 saturated carbocycles. The fraction of sp³-hybridized carbons (Fsp3) is 0.889. The molecule has 1 aliphatic carbocycles. The van der Waals surface area contributed by atoms with Gasteiger partial charge < -0.3 is 0 Å². The van der Waals surface area contributed by atoms with E-state index in [0.29, 0.717) is 19.0 Å². The van der Waals surface area contributed by atoms with E-state index >= 15 is 0 Å². The SMILES string of the molecule is CN(C)S(=O)(=O)N(CCC#N)CC1CC1. The Kier molecular flexibility index (Phi) is 4.08. The van der Waals surface area contributed by atoms with Crippen LogP contribution in [-0.4, -0.2) is 44.2 Å². The molecule has 15 heavy (non-hydrogen) atoms. The van der Waals surface area contributed by atoms with Crippen LogP contribution in [0.2, 0.25) is 0 Å². The highest BCUT2D eigenvalue weighted by molar-refractivity contribution is 7.86. The van der Waals surface area contributed by atoms with Gasteiger partial charge in [0.25, 0.3) is 10.2 Å². The monoisotopic (exact) mass is 231 g/mol. The highest BCUT2D eigenvalue weighted by Crippen LogP contribution is 2.30. The molecule has 0 bridgehead atoms. The number of nitriles is 1. The van der Waals surface area contributed by atoms with Gasteiger partial charge in [0, 0.05) is 33.6 Å². The third-order valence-electron chi connectivity index (χ3n) is 2.42. The van der Waals surface area contributed by atoms with Crippen molar-refractivity contribution in [1.82, 2.24) is 8.61 Å². The predicted molar refractivity (Wildman–Crippen MR) is 57.1 cm³/mol. The molecule has 0 aliphatic heterocycles. The topological polar surface area (TPSA) is 64.4 Å². The average molecular weight is 231 g/mol. The van der Waals surface area contributed by atoms with E-state index in [9.17, 15) is 8.42 Å². The maximum absolute atomic E-state index is 11.8. The summed E-state index contributed by atoms with van der Waals surface area (Å²) in [4.78, 5) is 0. The van der Waals surface area contributed by atoms with E-state index < -0.39 is 10.2 Å². The van der Waals surface area contributed by atoms with Gasteiger partial charge in [-0.1, -0.05) is 0 Å². The third-order valence-corrected chi connectivity index (χ3v) is 4.33. The molecule has 0 N–H and O–H groups in total. The summed E-state index contributed by atoms with van der Waals surface area (Å²) in [5, 5.41) is 8.48. The molecule has 0 atom stereocenters. The van der Waals surface area contributed by atoms with Crippen LogP contribution in [0.4, 0.5) is 0 Å². The number of rotatable bonds is 6. The van der Waals surface area contributed by atoms with Crippen molar-refractivity contribution in [2.24, 2.45) is 5.92 Å². The van der Waals surface area contributed by atoms with Crippen molar-refractivity contribution in [3.05, 3.63) is 0 Å². The van der Waals surface area contributed by atoms with Crippen LogP contribution in [-0.2, 0) is 10.2 Å². The molecule has 86 valence electrons. The maximum atomic E-state index is 11.8. The van der Waals surface area contributed by atoms with Crippen molar-refractivity contribution in [2.75, 3.05) is 27.2 Å². The molecule has 6 heteroatoms. The number of nitrogens with zero attached hydrogens (tertiary/aromatic N) is 3. The van der Waals surface area contributed by atoms with Gasteiger partial charge in [-0.2, -0.15) is 22.3 Å². The molecule has 0 unspecified atom stereocenters. The van der Waals surface area contributed by atoms with Gasteiger partial charge in [-0.05, 0) is 18.8 Å². The van der Waals surface area contributed by atoms with Crippen molar-refractivity contribution in [2.45, 2.75) is 19.3 Å². The van der Waals surface area contributed by atoms with Crippen LogP contribution in [0.1, 0.15) is 19.3 Å². The third kappa shape index (κ3) is 3.45. The second kappa shape index (κ2) is 4.92. The lowest BCUT2D eigenvalue weighted by Crippen LogP contribution is -2.41. The molecule has 0 aromatic rings. The van der Waals surface area contributed by atoms with Gasteiger partial charge in [0.15, 0.2) is 0 Å². The highest BCUT2D eigenvalue weighted by Gasteiger charge is 2.31. The zero-order valence-electron chi connectivity index (χ0n) is 9.18. The predicted octanol–water partition coefficient (Wildman–Crippen LogP) is 0.418.